The van der Waals surface area contributed by atoms with E-state index in [0.717, 1.165) is 15.9 Å². The lowest BCUT2D eigenvalue weighted by atomic mass is 10.1. The van der Waals surface area contributed by atoms with Gasteiger partial charge in [-0.25, -0.2) is 4.39 Å². The monoisotopic (exact) mass is 352 g/mol. The number of halogens is 1. The van der Waals surface area contributed by atoms with Gasteiger partial charge in [0, 0.05) is 11.9 Å². The van der Waals surface area contributed by atoms with Crippen LogP contribution in [0.2, 0.25) is 0 Å². The number of carbonyl (C=O) groups excluding carboxylic acids is 1. The van der Waals surface area contributed by atoms with Crippen LogP contribution in [0.15, 0.2) is 71.7 Å². The van der Waals surface area contributed by atoms with Crippen molar-refractivity contribution in [2.45, 2.75) is 13.5 Å². The lowest BCUT2D eigenvalue weighted by Gasteiger charge is -2.10. The van der Waals surface area contributed by atoms with Crippen molar-refractivity contribution in [3.05, 3.63) is 99.7 Å². The molecular formula is C20H17FN2O3. The van der Waals surface area contributed by atoms with E-state index in [2.05, 4.69) is 5.32 Å². The van der Waals surface area contributed by atoms with Gasteiger partial charge in [0.25, 0.3) is 11.5 Å². The topological polar surface area (TPSA) is 60.3 Å². The number of aryl methyl sites for hydroxylation is 1. The zero-order valence-corrected chi connectivity index (χ0v) is 14.1. The van der Waals surface area contributed by atoms with Crippen molar-refractivity contribution in [2.24, 2.45) is 0 Å². The van der Waals surface area contributed by atoms with Crippen LogP contribution in [-0.2, 0) is 6.61 Å². The molecule has 0 atom stereocenters. The summed E-state index contributed by atoms with van der Waals surface area (Å²) in [6.45, 7) is 2.16. The number of amides is 1. The predicted octanol–water partition coefficient (Wildman–Crippen LogP) is 3.18. The molecule has 132 valence electrons. The largest absolute Gasteiger partial charge is 0.406 e. The molecule has 6 heteroatoms. The van der Waals surface area contributed by atoms with Crippen LogP contribution in [0.5, 0.6) is 0 Å². The maximum Gasteiger partial charge on any atom is 0.295 e. The Bertz CT molecular complexity index is 998. The van der Waals surface area contributed by atoms with E-state index in [0.29, 0.717) is 0 Å². The average molecular weight is 352 g/mol. The highest BCUT2D eigenvalue weighted by atomic mass is 19.1. The SMILES string of the molecule is Cc1cccc(COn2cccc(C(=O)Nc3cccc(F)c3)c2=O)c1. The molecule has 0 saturated heterocycles. The number of aromatic nitrogens is 1. The van der Waals surface area contributed by atoms with E-state index in [1.807, 2.05) is 31.2 Å². The van der Waals surface area contributed by atoms with Gasteiger partial charge in [-0.1, -0.05) is 35.9 Å². The Balaban J connectivity index is 1.76. The van der Waals surface area contributed by atoms with Crippen molar-refractivity contribution in [3.8, 4) is 0 Å². The molecule has 0 radical (unpaired) electrons. The van der Waals surface area contributed by atoms with Gasteiger partial charge in [0.15, 0.2) is 0 Å². The second-order valence-electron chi connectivity index (χ2n) is 5.78. The summed E-state index contributed by atoms with van der Waals surface area (Å²) < 4.78 is 14.2. The summed E-state index contributed by atoms with van der Waals surface area (Å²) in [4.78, 5) is 30.3. The highest BCUT2D eigenvalue weighted by Gasteiger charge is 2.13. The number of hydrogen-bond acceptors (Lipinski definition) is 3. The van der Waals surface area contributed by atoms with Crippen LogP contribution >= 0.6 is 0 Å². The Labute approximate surface area is 149 Å². The maximum atomic E-state index is 13.2. The molecule has 5 nitrogen and oxygen atoms in total. The summed E-state index contributed by atoms with van der Waals surface area (Å²) in [6.07, 6.45) is 1.44. The molecule has 3 rings (SSSR count). The zero-order chi connectivity index (χ0) is 18.5. The fraction of sp³-hybridized carbons (Fsp3) is 0.100. The average Bonchev–Trinajstić information content (AvgIpc) is 2.61. The summed E-state index contributed by atoms with van der Waals surface area (Å²) in [5.41, 5.74) is 1.58. The van der Waals surface area contributed by atoms with Gasteiger partial charge in [-0.2, -0.15) is 4.73 Å². The number of pyridine rings is 1. The first-order chi connectivity index (χ1) is 12.5. The summed E-state index contributed by atoms with van der Waals surface area (Å²) in [5, 5.41) is 2.50. The van der Waals surface area contributed by atoms with Crippen LogP contribution in [-0.4, -0.2) is 10.6 Å². The lowest BCUT2D eigenvalue weighted by Crippen LogP contribution is -2.32. The van der Waals surface area contributed by atoms with Crippen LogP contribution < -0.4 is 15.7 Å². The number of hydrogen-bond donors (Lipinski definition) is 1. The van der Waals surface area contributed by atoms with Gasteiger partial charge in [0.05, 0.1) is 0 Å². The van der Waals surface area contributed by atoms with Gasteiger partial charge in [-0.3, -0.25) is 9.59 Å². The molecule has 1 aromatic heterocycles. The molecule has 1 amide bonds. The fourth-order valence-electron chi connectivity index (χ4n) is 2.46. The molecule has 3 aromatic rings. The smallest absolute Gasteiger partial charge is 0.295 e. The van der Waals surface area contributed by atoms with E-state index in [1.54, 1.807) is 0 Å². The minimum Gasteiger partial charge on any atom is -0.406 e. The van der Waals surface area contributed by atoms with Crippen LogP contribution in [0.25, 0.3) is 0 Å². The molecule has 0 fully saturated rings. The van der Waals surface area contributed by atoms with Gasteiger partial charge in [-0.15, -0.1) is 0 Å². The number of nitrogens with one attached hydrogen (secondary N) is 1. The third-order valence-corrected chi connectivity index (χ3v) is 3.69. The number of carbonyl (C=O) groups is 1. The van der Waals surface area contributed by atoms with Gasteiger partial charge in [0.2, 0.25) is 0 Å². The molecule has 0 aliphatic heterocycles. The van der Waals surface area contributed by atoms with E-state index in [9.17, 15) is 14.0 Å². The Morgan fingerprint density at radius 1 is 1.12 bits per heavy atom. The molecule has 26 heavy (non-hydrogen) atoms. The summed E-state index contributed by atoms with van der Waals surface area (Å²) in [6, 6.07) is 16.1. The van der Waals surface area contributed by atoms with Gasteiger partial charge >= 0.3 is 0 Å². The van der Waals surface area contributed by atoms with Crippen molar-refractivity contribution >= 4 is 11.6 Å². The number of anilines is 1. The zero-order valence-electron chi connectivity index (χ0n) is 14.1. The quantitative estimate of drug-likeness (QED) is 0.767. The first kappa shape index (κ1) is 17.4. The van der Waals surface area contributed by atoms with Crippen LogP contribution in [0.4, 0.5) is 10.1 Å². The number of benzene rings is 2. The fourth-order valence-corrected chi connectivity index (χ4v) is 2.46. The summed E-state index contributed by atoms with van der Waals surface area (Å²) in [5.74, 6) is -1.11. The molecule has 0 spiro atoms. The lowest BCUT2D eigenvalue weighted by molar-refractivity contribution is 0.0863. The van der Waals surface area contributed by atoms with E-state index in [4.69, 9.17) is 4.84 Å². The van der Waals surface area contributed by atoms with E-state index < -0.39 is 17.3 Å². The van der Waals surface area contributed by atoms with E-state index in [1.165, 1.54) is 42.6 Å². The number of nitrogens with zero attached hydrogens (tertiary/aromatic N) is 1. The van der Waals surface area contributed by atoms with E-state index in [-0.39, 0.29) is 17.9 Å². The summed E-state index contributed by atoms with van der Waals surface area (Å²) in [7, 11) is 0. The van der Waals surface area contributed by atoms with Gasteiger partial charge in [0.1, 0.15) is 18.0 Å². The molecule has 0 unspecified atom stereocenters. The Kier molecular flexibility index (Phi) is 5.12. The standard InChI is InChI=1S/C20H17FN2O3/c1-14-5-2-6-15(11-14)13-26-23-10-4-9-18(20(23)25)19(24)22-17-8-3-7-16(21)12-17/h2-12H,13H2,1H3,(H,22,24). The van der Waals surface area contributed by atoms with Gasteiger partial charge < -0.3 is 10.2 Å². The molecule has 0 saturated carbocycles. The van der Waals surface area contributed by atoms with Crippen LogP contribution in [0, 0.1) is 12.7 Å². The molecule has 2 aromatic carbocycles. The summed E-state index contributed by atoms with van der Waals surface area (Å²) >= 11 is 0. The number of rotatable bonds is 5. The highest BCUT2D eigenvalue weighted by molar-refractivity contribution is 6.03. The third kappa shape index (κ3) is 4.16. The molecule has 1 N–H and O–H groups in total. The van der Waals surface area contributed by atoms with Crippen molar-refractivity contribution in [3.63, 3.8) is 0 Å². The minimum atomic E-state index is -0.630. The molecule has 0 bridgehead atoms. The van der Waals surface area contributed by atoms with Crippen molar-refractivity contribution in [1.82, 2.24) is 4.73 Å². The second kappa shape index (κ2) is 7.65. The first-order valence-electron chi connectivity index (χ1n) is 8.00. The minimum absolute atomic E-state index is 0.0963. The normalized spacial score (nSPS) is 10.4. The predicted molar refractivity (Wildman–Crippen MR) is 96.5 cm³/mol. The molecule has 0 aliphatic carbocycles. The molecule has 0 aliphatic rings. The van der Waals surface area contributed by atoms with E-state index >= 15 is 0 Å². The second-order valence-corrected chi connectivity index (χ2v) is 5.78. The van der Waals surface area contributed by atoms with Crippen LogP contribution in [0.1, 0.15) is 21.5 Å². The Hall–Kier alpha value is -3.41. The highest BCUT2D eigenvalue weighted by Crippen LogP contribution is 2.10. The van der Waals surface area contributed by atoms with Crippen molar-refractivity contribution < 1.29 is 14.0 Å². The Morgan fingerprint density at radius 2 is 1.92 bits per heavy atom. The maximum absolute atomic E-state index is 13.2. The van der Waals surface area contributed by atoms with Crippen molar-refractivity contribution in [1.29, 1.82) is 0 Å². The Morgan fingerprint density at radius 3 is 2.69 bits per heavy atom. The third-order valence-electron chi connectivity index (χ3n) is 3.69. The van der Waals surface area contributed by atoms with Gasteiger partial charge in [-0.05, 0) is 42.8 Å². The van der Waals surface area contributed by atoms with Crippen LogP contribution in [0.3, 0.4) is 0 Å². The van der Waals surface area contributed by atoms with Crippen molar-refractivity contribution in [2.75, 3.05) is 5.32 Å². The molecular weight excluding hydrogens is 335 g/mol. The molecule has 1 heterocycles. The first-order valence-corrected chi connectivity index (χ1v) is 8.00.